The highest BCUT2D eigenvalue weighted by Gasteiger charge is 2.37. The molecule has 1 unspecified atom stereocenters. The van der Waals surface area contributed by atoms with Crippen molar-refractivity contribution >= 4 is 5.69 Å². The number of fused-ring (bicyclic) bond motifs is 1. The summed E-state index contributed by atoms with van der Waals surface area (Å²) in [6.45, 7) is 5.06. The lowest BCUT2D eigenvalue weighted by molar-refractivity contribution is -0.0122. The van der Waals surface area contributed by atoms with Crippen LogP contribution < -0.4 is 4.90 Å². The Labute approximate surface area is 115 Å². The molecule has 1 fully saturated rings. The van der Waals surface area contributed by atoms with E-state index in [2.05, 4.69) is 36.1 Å². The number of nitrogens with zero attached hydrogens (tertiary/aromatic N) is 1. The van der Waals surface area contributed by atoms with Gasteiger partial charge in [0.2, 0.25) is 0 Å². The van der Waals surface area contributed by atoms with Gasteiger partial charge in [0, 0.05) is 36.9 Å². The van der Waals surface area contributed by atoms with Crippen molar-refractivity contribution in [2.45, 2.75) is 32.2 Å². The third-order valence-corrected chi connectivity index (χ3v) is 4.74. The molecule has 2 aliphatic heterocycles. The normalized spacial score (nSPS) is 25.4. The van der Waals surface area contributed by atoms with E-state index in [-0.39, 0.29) is 12.0 Å². The molecule has 0 saturated carbocycles. The van der Waals surface area contributed by atoms with E-state index in [1.807, 2.05) is 0 Å². The van der Waals surface area contributed by atoms with Gasteiger partial charge in [-0.3, -0.25) is 0 Å². The molecule has 0 spiro atoms. The van der Waals surface area contributed by atoms with E-state index in [0.717, 1.165) is 39.0 Å². The van der Waals surface area contributed by atoms with Crippen LogP contribution in [-0.2, 0) is 11.2 Å². The molecule has 3 rings (SSSR count). The molecule has 0 aliphatic carbocycles. The van der Waals surface area contributed by atoms with Gasteiger partial charge in [-0.1, -0.05) is 18.2 Å². The lowest BCUT2D eigenvalue weighted by Crippen LogP contribution is -2.45. The third-order valence-electron chi connectivity index (χ3n) is 4.74. The Bertz CT molecular complexity index is 440. The highest BCUT2D eigenvalue weighted by molar-refractivity contribution is 5.59. The lowest BCUT2D eigenvalue weighted by Gasteiger charge is -2.41. The number of hydrogen-bond acceptors (Lipinski definition) is 3. The molecule has 2 aliphatic rings. The number of aliphatic hydroxyl groups excluding tert-OH is 1. The maximum Gasteiger partial charge on any atom is 0.0506 e. The average molecular weight is 261 g/mol. The van der Waals surface area contributed by atoms with Crippen LogP contribution in [0.15, 0.2) is 24.3 Å². The van der Waals surface area contributed by atoms with Crippen molar-refractivity contribution in [3.05, 3.63) is 29.8 Å². The zero-order valence-corrected chi connectivity index (χ0v) is 11.6. The third kappa shape index (κ3) is 2.37. The van der Waals surface area contributed by atoms with E-state index in [9.17, 15) is 5.11 Å². The molecule has 1 atom stereocenters. The first-order valence-corrected chi connectivity index (χ1v) is 7.27. The van der Waals surface area contributed by atoms with Crippen LogP contribution in [0.3, 0.4) is 0 Å². The molecule has 1 N–H and O–H groups in total. The monoisotopic (exact) mass is 261 g/mol. The van der Waals surface area contributed by atoms with Crippen molar-refractivity contribution in [2.24, 2.45) is 5.41 Å². The van der Waals surface area contributed by atoms with Gasteiger partial charge >= 0.3 is 0 Å². The quantitative estimate of drug-likeness (QED) is 0.905. The molecule has 0 radical (unpaired) electrons. The Morgan fingerprint density at radius 3 is 2.79 bits per heavy atom. The van der Waals surface area contributed by atoms with E-state index in [4.69, 9.17) is 4.74 Å². The van der Waals surface area contributed by atoms with Gasteiger partial charge in [-0.15, -0.1) is 0 Å². The van der Waals surface area contributed by atoms with E-state index < -0.39 is 0 Å². The summed E-state index contributed by atoms with van der Waals surface area (Å²) in [7, 11) is 0. The minimum atomic E-state index is 0.0178. The van der Waals surface area contributed by atoms with Crippen LogP contribution in [0.25, 0.3) is 0 Å². The Morgan fingerprint density at radius 2 is 2.05 bits per heavy atom. The van der Waals surface area contributed by atoms with E-state index in [0.29, 0.717) is 6.04 Å². The molecule has 0 amide bonds. The molecule has 0 aromatic heterocycles. The molecule has 104 valence electrons. The molecule has 0 bridgehead atoms. The maximum absolute atomic E-state index is 9.85. The topological polar surface area (TPSA) is 32.7 Å². The summed E-state index contributed by atoms with van der Waals surface area (Å²) in [5.74, 6) is 0. The molecular weight excluding hydrogens is 238 g/mol. The first kappa shape index (κ1) is 12.9. The predicted octanol–water partition coefficient (Wildman–Crippen LogP) is 2.23. The van der Waals surface area contributed by atoms with Crippen LogP contribution in [-0.4, -0.2) is 37.5 Å². The number of benzene rings is 1. The van der Waals surface area contributed by atoms with Crippen LogP contribution in [0.2, 0.25) is 0 Å². The van der Waals surface area contributed by atoms with Gasteiger partial charge in [0.05, 0.1) is 6.61 Å². The highest BCUT2D eigenvalue weighted by Crippen LogP contribution is 2.38. The van der Waals surface area contributed by atoms with Crippen molar-refractivity contribution in [1.29, 1.82) is 0 Å². The fraction of sp³-hybridized carbons (Fsp3) is 0.625. The molecule has 1 saturated heterocycles. The summed E-state index contributed by atoms with van der Waals surface area (Å²) in [6.07, 6.45) is 3.05. The molecule has 1 aromatic rings. The standard InChI is InChI=1S/C16H23NO2/c1-13-10-14-4-2-3-5-15(14)17(13)11-16(12-18)6-8-19-9-7-16/h2-5,13,18H,6-12H2,1H3. The van der Waals surface area contributed by atoms with Gasteiger partial charge in [-0.2, -0.15) is 0 Å². The SMILES string of the molecule is CC1Cc2ccccc2N1CC1(CO)CCOCC1. The van der Waals surface area contributed by atoms with Crippen LogP contribution in [0.4, 0.5) is 5.69 Å². The van der Waals surface area contributed by atoms with Gasteiger partial charge in [0.25, 0.3) is 0 Å². The van der Waals surface area contributed by atoms with Crippen molar-refractivity contribution in [2.75, 3.05) is 31.3 Å². The van der Waals surface area contributed by atoms with Crippen LogP contribution in [0, 0.1) is 5.41 Å². The van der Waals surface area contributed by atoms with Gasteiger partial charge in [-0.25, -0.2) is 0 Å². The summed E-state index contributed by atoms with van der Waals surface area (Å²) in [4.78, 5) is 2.48. The van der Waals surface area contributed by atoms with Crippen molar-refractivity contribution in [3.8, 4) is 0 Å². The molecule has 3 nitrogen and oxygen atoms in total. The minimum Gasteiger partial charge on any atom is -0.396 e. The Morgan fingerprint density at radius 1 is 1.32 bits per heavy atom. The summed E-state index contributed by atoms with van der Waals surface area (Å²) in [5, 5.41) is 9.85. The molecular formula is C16H23NO2. The number of rotatable bonds is 3. The van der Waals surface area contributed by atoms with Gasteiger partial charge < -0.3 is 14.7 Å². The Hall–Kier alpha value is -1.06. The van der Waals surface area contributed by atoms with Gasteiger partial charge in [0.15, 0.2) is 0 Å². The number of para-hydroxylation sites is 1. The number of ether oxygens (including phenoxy) is 1. The molecule has 3 heteroatoms. The van der Waals surface area contributed by atoms with Crippen molar-refractivity contribution < 1.29 is 9.84 Å². The highest BCUT2D eigenvalue weighted by atomic mass is 16.5. The number of hydrogen-bond donors (Lipinski definition) is 1. The summed E-state index contributed by atoms with van der Waals surface area (Å²) < 4.78 is 5.46. The van der Waals surface area contributed by atoms with E-state index in [1.165, 1.54) is 11.3 Å². The zero-order valence-electron chi connectivity index (χ0n) is 11.6. The Kier molecular flexibility index (Phi) is 3.50. The van der Waals surface area contributed by atoms with Crippen molar-refractivity contribution in [1.82, 2.24) is 0 Å². The number of aliphatic hydroxyl groups is 1. The summed E-state index contributed by atoms with van der Waals surface area (Å²) >= 11 is 0. The second-order valence-electron chi connectivity index (χ2n) is 6.08. The van der Waals surface area contributed by atoms with Crippen LogP contribution in [0.1, 0.15) is 25.3 Å². The van der Waals surface area contributed by atoms with E-state index >= 15 is 0 Å². The number of anilines is 1. The summed E-state index contributed by atoms with van der Waals surface area (Å²) in [6, 6.07) is 9.19. The van der Waals surface area contributed by atoms with Gasteiger partial charge in [0.1, 0.15) is 0 Å². The van der Waals surface area contributed by atoms with Crippen LogP contribution in [0.5, 0.6) is 0 Å². The van der Waals surface area contributed by atoms with Gasteiger partial charge in [-0.05, 0) is 37.8 Å². The molecule has 2 heterocycles. The second kappa shape index (κ2) is 5.14. The average Bonchev–Trinajstić information content (AvgIpc) is 2.76. The fourth-order valence-corrected chi connectivity index (χ4v) is 3.40. The smallest absolute Gasteiger partial charge is 0.0506 e. The first-order valence-electron chi connectivity index (χ1n) is 7.27. The first-order chi connectivity index (χ1) is 9.24. The fourth-order valence-electron chi connectivity index (χ4n) is 3.40. The zero-order chi connectivity index (χ0) is 13.3. The summed E-state index contributed by atoms with van der Waals surface area (Å²) in [5.41, 5.74) is 2.81. The van der Waals surface area contributed by atoms with Crippen LogP contribution >= 0.6 is 0 Å². The minimum absolute atomic E-state index is 0.0178. The van der Waals surface area contributed by atoms with Crippen molar-refractivity contribution in [3.63, 3.8) is 0 Å². The maximum atomic E-state index is 9.85. The largest absolute Gasteiger partial charge is 0.396 e. The molecule has 19 heavy (non-hydrogen) atoms. The second-order valence-corrected chi connectivity index (χ2v) is 6.08. The molecule has 1 aromatic carbocycles. The lowest BCUT2D eigenvalue weighted by atomic mass is 9.80. The van der Waals surface area contributed by atoms with E-state index in [1.54, 1.807) is 0 Å². The Balaban J connectivity index is 1.82. The predicted molar refractivity (Wildman–Crippen MR) is 76.5 cm³/mol.